The third-order valence-corrected chi connectivity index (χ3v) is 4.01. The van der Waals surface area contributed by atoms with E-state index < -0.39 is 0 Å². The van der Waals surface area contributed by atoms with Gasteiger partial charge in [-0.15, -0.1) is 24.8 Å². The number of benzene rings is 1. The lowest BCUT2D eigenvalue weighted by Gasteiger charge is -2.31. The molecule has 1 amide bonds. The molecular weight excluding hydrogens is 321 g/mol. The maximum atomic E-state index is 12.5. The van der Waals surface area contributed by atoms with Crippen molar-refractivity contribution < 1.29 is 4.79 Å². The van der Waals surface area contributed by atoms with Crippen molar-refractivity contribution >= 4 is 41.5 Å². The zero-order valence-electron chi connectivity index (χ0n) is 12.8. The van der Waals surface area contributed by atoms with Gasteiger partial charge in [0.1, 0.15) is 5.69 Å². The van der Waals surface area contributed by atoms with Crippen molar-refractivity contribution in [1.82, 2.24) is 10.3 Å². The van der Waals surface area contributed by atoms with Gasteiger partial charge in [-0.3, -0.25) is 9.78 Å². The number of amides is 1. The Kier molecular flexibility index (Phi) is 8.38. The molecular formula is C16H23Cl2N3O. The Bertz CT molecular complexity index is 602. The van der Waals surface area contributed by atoms with Gasteiger partial charge in [-0.05, 0) is 24.3 Å². The molecule has 0 saturated carbocycles. The fourth-order valence-corrected chi connectivity index (χ4v) is 2.37. The minimum absolute atomic E-state index is 0. The van der Waals surface area contributed by atoms with Gasteiger partial charge < -0.3 is 11.1 Å². The highest BCUT2D eigenvalue weighted by molar-refractivity contribution is 6.05. The average Bonchev–Trinajstić information content (AvgIpc) is 2.52. The molecule has 1 aromatic carbocycles. The largest absolute Gasteiger partial charge is 0.344 e. The van der Waals surface area contributed by atoms with E-state index in [0.29, 0.717) is 12.2 Å². The van der Waals surface area contributed by atoms with E-state index in [1.165, 1.54) is 0 Å². The SMILES string of the molecule is CCC(CC)(CN)NC(=O)c1nccc2ccccc12.Cl.Cl. The second-order valence-corrected chi connectivity index (χ2v) is 5.03. The molecule has 0 aliphatic rings. The fraction of sp³-hybridized carbons (Fsp3) is 0.375. The Balaban J connectivity index is 0.00000220. The van der Waals surface area contributed by atoms with Crippen LogP contribution in [-0.2, 0) is 0 Å². The Morgan fingerprint density at radius 1 is 1.18 bits per heavy atom. The predicted molar refractivity (Wildman–Crippen MR) is 96.1 cm³/mol. The van der Waals surface area contributed by atoms with Crippen LogP contribution in [0.25, 0.3) is 10.8 Å². The van der Waals surface area contributed by atoms with Crippen molar-refractivity contribution in [3.8, 4) is 0 Å². The van der Waals surface area contributed by atoms with Crippen molar-refractivity contribution in [2.24, 2.45) is 5.73 Å². The summed E-state index contributed by atoms with van der Waals surface area (Å²) in [6.07, 6.45) is 3.27. The lowest BCUT2D eigenvalue weighted by molar-refractivity contribution is 0.0892. The third-order valence-electron chi connectivity index (χ3n) is 4.01. The summed E-state index contributed by atoms with van der Waals surface area (Å²) in [5, 5.41) is 4.94. The van der Waals surface area contributed by atoms with Crippen LogP contribution < -0.4 is 11.1 Å². The minimum Gasteiger partial charge on any atom is -0.344 e. The van der Waals surface area contributed by atoms with Crippen molar-refractivity contribution in [3.05, 3.63) is 42.2 Å². The lowest BCUT2D eigenvalue weighted by Crippen LogP contribution is -2.53. The monoisotopic (exact) mass is 343 g/mol. The predicted octanol–water partition coefficient (Wildman–Crippen LogP) is 3.33. The number of hydrogen-bond acceptors (Lipinski definition) is 3. The van der Waals surface area contributed by atoms with E-state index in [-0.39, 0.29) is 36.3 Å². The second kappa shape index (κ2) is 8.93. The van der Waals surface area contributed by atoms with Crippen molar-refractivity contribution in [2.75, 3.05) is 6.54 Å². The van der Waals surface area contributed by atoms with Crippen LogP contribution in [0.4, 0.5) is 0 Å². The number of halogens is 2. The van der Waals surface area contributed by atoms with E-state index in [1.54, 1.807) is 6.20 Å². The number of pyridine rings is 1. The first-order valence-electron chi connectivity index (χ1n) is 7.02. The van der Waals surface area contributed by atoms with Crippen LogP contribution in [0, 0.1) is 0 Å². The average molecular weight is 344 g/mol. The molecule has 2 aromatic rings. The number of fused-ring (bicyclic) bond motifs is 1. The molecule has 6 heteroatoms. The van der Waals surface area contributed by atoms with Crippen LogP contribution in [0.15, 0.2) is 36.5 Å². The third kappa shape index (κ3) is 4.09. The van der Waals surface area contributed by atoms with Gasteiger partial charge in [0.05, 0.1) is 5.54 Å². The van der Waals surface area contributed by atoms with E-state index in [2.05, 4.69) is 10.3 Å². The van der Waals surface area contributed by atoms with E-state index in [9.17, 15) is 4.79 Å². The topological polar surface area (TPSA) is 68.0 Å². The van der Waals surface area contributed by atoms with Gasteiger partial charge in [0.2, 0.25) is 0 Å². The zero-order chi connectivity index (χ0) is 14.6. The number of carbonyl (C=O) groups is 1. The molecule has 0 bridgehead atoms. The number of aromatic nitrogens is 1. The second-order valence-electron chi connectivity index (χ2n) is 5.03. The number of nitrogens with one attached hydrogen (secondary N) is 1. The molecule has 2 rings (SSSR count). The summed E-state index contributed by atoms with van der Waals surface area (Å²) in [6, 6.07) is 9.66. The first-order chi connectivity index (χ1) is 9.65. The van der Waals surface area contributed by atoms with E-state index in [0.717, 1.165) is 23.6 Å². The number of carbonyl (C=O) groups excluding carboxylic acids is 1. The molecule has 4 nitrogen and oxygen atoms in total. The molecule has 0 aliphatic heterocycles. The molecule has 22 heavy (non-hydrogen) atoms. The van der Waals surface area contributed by atoms with Gasteiger partial charge in [0, 0.05) is 18.1 Å². The quantitative estimate of drug-likeness (QED) is 0.874. The summed E-state index contributed by atoms with van der Waals surface area (Å²) in [5.74, 6) is -0.157. The van der Waals surface area contributed by atoms with Crippen LogP contribution in [0.3, 0.4) is 0 Å². The highest BCUT2D eigenvalue weighted by atomic mass is 35.5. The molecule has 0 spiro atoms. The van der Waals surface area contributed by atoms with Crippen LogP contribution >= 0.6 is 24.8 Å². The summed E-state index contributed by atoms with van der Waals surface area (Å²) >= 11 is 0. The normalized spacial score (nSPS) is 10.5. The molecule has 1 aromatic heterocycles. The van der Waals surface area contributed by atoms with Crippen molar-refractivity contribution in [1.29, 1.82) is 0 Å². The van der Waals surface area contributed by atoms with Crippen LogP contribution in [0.2, 0.25) is 0 Å². The maximum absolute atomic E-state index is 12.5. The highest BCUT2D eigenvalue weighted by Gasteiger charge is 2.27. The Morgan fingerprint density at radius 3 is 2.41 bits per heavy atom. The molecule has 0 aliphatic carbocycles. The molecule has 0 atom stereocenters. The van der Waals surface area contributed by atoms with Gasteiger partial charge in [-0.2, -0.15) is 0 Å². The maximum Gasteiger partial charge on any atom is 0.270 e. The molecule has 0 saturated heterocycles. The number of hydrogen-bond donors (Lipinski definition) is 2. The van der Waals surface area contributed by atoms with Crippen LogP contribution in [-0.4, -0.2) is 23.0 Å². The summed E-state index contributed by atoms with van der Waals surface area (Å²) in [5.41, 5.74) is 5.94. The van der Waals surface area contributed by atoms with Crippen molar-refractivity contribution in [3.63, 3.8) is 0 Å². The molecule has 0 fully saturated rings. The van der Waals surface area contributed by atoms with Crippen LogP contribution in [0.1, 0.15) is 37.2 Å². The first-order valence-corrected chi connectivity index (χ1v) is 7.02. The Labute approximate surface area is 143 Å². The molecule has 0 radical (unpaired) electrons. The molecule has 0 unspecified atom stereocenters. The van der Waals surface area contributed by atoms with E-state index >= 15 is 0 Å². The fourth-order valence-electron chi connectivity index (χ4n) is 2.37. The van der Waals surface area contributed by atoms with E-state index in [4.69, 9.17) is 5.73 Å². The van der Waals surface area contributed by atoms with Gasteiger partial charge >= 0.3 is 0 Å². The molecule has 122 valence electrons. The van der Waals surface area contributed by atoms with Crippen molar-refractivity contribution in [2.45, 2.75) is 32.2 Å². The summed E-state index contributed by atoms with van der Waals surface area (Å²) in [4.78, 5) is 16.8. The van der Waals surface area contributed by atoms with E-state index in [1.807, 2.05) is 44.2 Å². The molecule has 3 N–H and O–H groups in total. The zero-order valence-corrected chi connectivity index (χ0v) is 14.5. The highest BCUT2D eigenvalue weighted by Crippen LogP contribution is 2.19. The number of nitrogens with two attached hydrogens (primary N) is 1. The minimum atomic E-state index is -0.351. The van der Waals surface area contributed by atoms with Gasteiger partial charge in [-0.25, -0.2) is 0 Å². The Morgan fingerprint density at radius 2 is 1.82 bits per heavy atom. The Hall–Kier alpha value is -1.36. The summed E-state index contributed by atoms with van der Waals surface area (Å²) in [6.45, 7) is 4.50. The lowest BCUT2D eigenvalue weighted by atomic mass is 9.92. The smallest absolute Gasteiger partial charge is 0.270 e. The number of rotatable bonds is 5. The number of nitrogens with zero attached hydrogens (tertiary/aromatic N) is 1. The summed E-state index contributed by atoms with van der Waals surface area (Å²) < 4.78 is 0. The standard InChI is InChI=1S/C16H21N3O.2ClH/c1-3-16(4-2,11-17)19-15(20)14-13-8-6-5-7-12(13)9-10-18-14;;/h5-10H,3-4,11,17H2,1-2H3,(H,19,20);2*1H. The van der Waals surface area contributed by atoms with Crippen LogP contribution in [0.5, 0.6) is 0 Å². The summed E-state index contributed by atoms with van der Waals surface area (Å²) in [7, 11) is 0. The first kappa shape index (κ1) is 20.6. The van der Waals surface area contributed by atoms with Gasteiger partial charge in [0.15, 0.2) is 0 Å². The molecule has 1 heterocycles. The van der Waals surface area contributed by atoms with Gasteiger partial charge in [0.25, 0.3) is 5.91 Å². The van der Waals surface area contributed by atoms with Gasteiger partial charge in [-0.1, -0.05) is 38.1 Å².